The summed E-state index contributed by atoms with van der Waals surface area (Å²) in [5.41, 5.74) is 15.6. The number of nitrogens with two attached hydrogens (primary N) is 2. The zero-order valence-electron chi connectivity index (χ0n) is 15.0. The quantitative estimate of drug-likeness (QED) is 0.361. The molecule has 0 unspecified atom stereocenters. The second-order valence-corrected chi connectivity index (χ2v) is 6.36. The van der Waals surface area contributed by atoms with Crippen LogP contribution >= 0.6 is 0 Å². The molecule has 2 aromatic heterocycles. The molecule has 4 aromatic rings. The number of pyridine rings is 1. The first kappa shape index (κ1) is 18.0. The number of carbonyl (C=O) groups is 2. The number of anilines is 2. The highest BCUT2D eigenvalue weighted by molar-refractivity contribution is 6.03. The smallest absolute Gasteiger partial charge is 0.410 e. The molecule has 0 aliphatic carbocycles. The maximum atomic E-state index is 11.6. The van der Waals surface area contributed by atoms with Gasteiger partial charge in [-0.1, -0.05) is 12.1 Å². The molecular formula is C20H16N6O3. The average molecular weight is 388 g/mol. The van der Waals surface area contributed by atoms with Crippen LogP contribution in [0.1, 0.15) is 10.4 Å². The number of benzene rings is 2. The third kappa shape index (κ3) is 3.44. The number of carboxylic acid groups (broad SMARTS) is 1. The number of nitrogens with one attached hydrogen (secondary N) is 2. The molecule has 29 heavy (non-hydrogen) atoms. The Morgan fingerprint density at radius 3 is 2.62 bits per heavy atom. The van der Waals surface area contributed by atoms with Gasteiger partial charge in [0.05, 0.1) is 5.52 Å². The number of aromatic amines is 1. The van der Waals surface area contributed by atoms with Crippen molar-refractivity contribution in [2.24, 2.45) is 5.73 Å². The van der Waals surface area contributed by atoms with Gasteiger partial charge in [-0.05, 0) is 53.1 Å². The standard InChI is InChI=1S/C20H16N6O3/c21-18-15-8-13(10-4-5-23-16(9-10)24-20(28)29)7-14(17(15)25-26-18)11-2-1-3-12(6-11)19(22)27/h1-9H,(H2,22,27)(H,23,24)(H,28,29)(H3,21,25,26). The molecule has 0 radical (unpaired) electrons. The second-order valence-electron chi connectivity index (χ2n) is 6.36. The van der Waals surface area contributed by atoms with Gasteiger partial charge in [0.1, 0.15) is 5.82 Å². The Kier molecular flexibility index (Phi) is 4.32. The number of rotatable bonds is 4. The molecule has 0 fully saturated rings. The van der Waals surface area contributed by atoms with E-state index in [0.717, 1.165) is 22.3 Å². The molecule has 0 aliphatic heterocycles. The molecule has 9 heteroatoms. The molecule has 0 atom stereocenters. The van der Waals surface area contributed by atoms with Gasteiger partial charge in [0.15, 0.2) is 5.82 Å². The van der Waals surface area contributed by atoms with Gasteiger partial charge in [-0.3, -0.25) is 15.2 Å². The van der Waals surface area contributed by atoms with E-state index in [1.807, 2.05) is 18.2 Å². The van der Waals surface area contributed by atoms with Gasteiger partial charge >= 0.3 is 6.09 Å². The zero-order valence-corrected chi connectivity index (χ0v) is 15.0. The Morgan fingerprint density at radius 2 is 1.86 bits per heavy atom. The minimum atomic E-state index is -1.20. The molecular weight excluding hydrogens is 372 g/mol. The molecule has 2 aromatic carbocycles. The summed E-state index contributed by atoms with van der Waals surface area (Å²) in [6.07, 6.45) is 0.310. The Balaban J connectivity index is 1.92. The number of aromatic nitrogens is 3. The number of fused-ring (bicyclic) bond motifs is 1. The lowest BCUT2D eigenvalue weighted by Gasteiger charge is -2.10. The molecule has 0 spiro atoms. The first-order valence-electron chi connectivity index (χ1n) is 8.56. The average Bonchev–Trinajstić information content (AvgIpc) is 3.08. The number of nitrogens with zero attached hydrogens (tertiary/aromatic N) is 2. The number of hydrogen-bond donors (Lipinski definition) is 5. The first-order valence-corrected chi connectivity index (χ1v) is 8.56. The van der Waals surface area contributed by atoms with Crippen LogP contribution in [0.2, 0.25) is 0 Å². The minimum Gasteiger partial charge on any atom is -0.465 e. The third-order valence-electron chi connectivity index (χ3n) is 4.49. The summed E-state index contributed by atoms with van der Waals surface area (Å²) in [6, 6.07) is 14.1. The van der Waals surface area contributed by atoms with E-state index < -0.39 is 12.0 Å². The van der Waals surface area contributed by atoms with Gasteiger partial charge in [-0.15, -0.1) is 0 Å². The predicted molar refractivity (Wildman–Crippen MR) is 109 cm³/mol. The van der Waals surface area contributed by atoms with E-state index in [1.165, 1.54) is 6.20 Å². The van der Waals surface area contributed by atoms with Crippen LogP contribution in [-0.2, 0) is 0 Å². The Labute approximate surface area is 164 Å². The van der Waals surface area contributed by atoms with E-state index in [-0.39, 0.29) is 5.82 Å². The molecule has 2 heterocycles. The number of primary amides is 1. The number of hydrogen-bond acceptors (Lipinski definition) is 5. The fraction of sp³-hybridized carbons (Fsp3) is 0. The van der Waals surface area contributed by atoms with Crippen molar-refractivity contribution >= 4 is 34.5 Å². The van der Waals surface area contributed by atoms with Crippen LogP contribution < -0.4 is 16.8 Å². The van der Waals surface area contributed by atoms with E-state index in [4.69, 9.17) is 16.6 Å². The summed E-state index contributed by atoms with van der Waals surface area (Å²) >= 11 is 0. The number of carbonyl (C=O) groups excluding carboxylic acids is 1. The number of H-pyrrole nitrogens is 1. The number of amides is 2. The van der Waals surface area contributed by atoms with Crippen LogP contribution in [-0.4, -0.2) is 32.3 Å². The summed E-state index contributed by atoms with van der Waals surface area (Å²) in [5, 5.41) is 18.9. The Hall–Kier alpha value is -4.40. The second kappa shape index (κ2) is 6.97. The topological polar surface area (TPSA) is 160 Å². The van der Waals surface area contributed by atoms with E-state index in [1.54, 1.807) is 30.3 Å². The predicted octanol–water partition coefficient (Wildman–Crippen LogP) is 3.06. The van der Waals surface area contributed by atoms with Gasteiger partial charge < -0.3 is 16.6 Å². The SMILES string of the molecule is NC(=O)c1cccc(-c2cc(-c3ccnc(NC(=O)O)c3)cc3c(N)n[nH]c23)c1. The molecule has 2 amide bonds. The molecule has 144 valence electrons. The van der Waals surface area contributed by atoms with E-state index >= 15 is 0 Å². The maximum absolute atomic E-state index is 11.6. The van der Waals surface area contributed by atoms with Crippen LogP contribution in [0.3, 0.4) is 0 Å². The lowest BCUT2D eigenvalue weighted by atomic mass is 9.95. The summed E-state index contributed by atoms with van der Waals surface area (Å²) in [7, 11) is 0. The first-order chi connectivity index (χ1) is 13.9. The van der Waals surface area contributed by atoms with Crippen molar-refractivity contribution in [1.29, 1.82) is 0 Å². The van der Waals surface area contributed by atoms with Crippen molar-refractivity contribution in [1.82, 2.24) is 15.2 Å². The lowest BCUT2D eigenvalue weighted by Crippen LogP contribution is -2.10. The van der Waals surface area contributed by atoms with Crippen molar-refractivity contribution in [3.05, 3.63) is 60.3 Å². The maximum Gasteiger partial charge on any atom is 0.410 e. The largest absolute Gasteiger partial charge is 0.465 e. The molecule has 4 rings (SSSR count). The van der Waals surface area contributed by atoms with Gasteiger partial charge in [0.25, 0.3) is 0 Å². The van der Waals surface area contributed by atoms with Crippen molar-refractivity contribution in [2.45, 2.75) is 0 Å². The molecule has 9 nitrogen and oxygen atoms in total. The van der Waals surface area contributed by atoms with E-state index in [0.29, 0.717) is 22.3 Å². The van der Waals surface area contributed by atoms with Crippen molar-refractivity contribution in [3.8, 4) is 22.3 Å². The highest BCUT2D eigenvalue weighted by Gasteiger charge is 2.14. The van der Waals surface area contributed by atoms with Gasteiger partial charge in [0.2, 0.25) is 5.91 Å². The highest BCUT2D eigenvalue weighted by Crippen LogP contribution is 2.35. The van der Waals surface area contributed by atoms with Gasteiger partial charge in [-0.2, -0.15) is 5.10 Å². The van der Waals surface area contributed by atoms with Crippen LogP contribution in [0.25, 0.3) is 33.2 Å². The summed E-state index contributed by atoms with van der Waals surface area (Å²) < 4.78 is 0. The summed E-state index contributed by atoms with van der Waals surface area (Å²) in [5.74, 6) is 0.00142. The fourth-order valence-electron chi connectivity index (χ4n) is 3.16. The van der Waals surface area contributed by atoms with Crippen LogP contribution in [0.4, 0.5) is 16.4 Å². The van der Waals surface area contributed by atoms with Crippen LogP contribution in [0.15, 0.2) is 54.7 Å². The molecule has 0 aliphatic rings. The van der Waals surface area contributed by atoms with E-state index in [9.17, 15) is 9.59 Å². The fourth-order valence-corrected chi connectivity index (χ4v) is 3.16. The minimum absolute atomic E-state index is 0.201. The summed E-state index contributed by atoms with van der Waals surface area (Å²) in [6.45, 7) is 0. The monoisotopic (exact) mass is 388 g/mol. The number of nitrogen functional groups attached to an aromatic ring is 1. The molecule has 0 saturated carbocycles. The van der Waals surface area contributed by atoms with Crippen molar-refractivity contribution < 1.29 is 14.7 Å². The molecule has 0 bridgehead atoms. The highest BCUT2D eigenvalue weighted by atomic mass is 16.4. The summed E-state index contributed by atoms with van der Waals surface area (Å²) in [4.78, 5) is 26.5. The zero-order chi connectivity index (χ0) is 20.5. The normalized spacial score (nSPS) is 10.8. The van der Waals surface area contributed by atoms with Crippen LogP contribution in [0.5, 0.6) is 0 Å². The Morgan fingerprint density at radius 1 is 1.03 bits per heavy atom. The van der Waals surface area contributed by atoms with Crippen LogP contribution in [0, 0.1) is 0 Å². The van der Waals surface area contributed by atoms with Crippen molar-refractivity contribution in [2.75, 3.05) is 11.1 Å². The van der Waals surface area contributed by atoms with Crippen molar-refractivity contribution in [3.63, 3.8) is 0 Å². The van der Waals surface area contributed by atoms with E-state index in [2.05, 4.69) is 20.5 Å². The molecule has 7 N–H and O–H groups in total. The Bertz CT molecular complexity index is 1260. The lowest BCUT2D eigenvalue weighted by molar-refractivity contribution is 0.1000. The van der Waals surface area contributed by atoms with Gasteiger partial charge in [0, 0.05) is 22.7 Å². The molecule has 0 saturated heterocycles. The third-order valence-corrected chi connectivity index (χ3v) is 4.49. The van der Waals surface area contributed by atoms with Gasteiger partial charge in [-0.25, -0.2) is 9.78 Å².